The van der Waals surface area contributed by atoms with Gasteiger partial charge in [0.05, 0.1) is 6.42 Å². The van der Waals surface area contributed by atoms with Crippen LogP contribution >= 0.6 is 0 Å². The molecule has 0 saturated heterocycles. The van der Waals surface area contributed by atoms with Crippen LogP contribution in [0.5, 0.6) is 0 Å². The first-order chi connectivity index (χ1) is 9.60. The largest absolute Gasteiger partial charge is 0.481 e. The van der Waals surface area contributed by atoms with Crippen molar-refractivity contribution in [3.8, 4) is 0 Å². The molecule has 5 heteroatoms. The Morgan fingerprint density at radius 2 is 2.00 bits per heavy atom. The van der Waals surface area contributed by atoms with Crippen molar-refractivity contribution < 1.29 is 14.7 Å². The Balaban J connectivity index is 2.85. The number of nitrogens with one attached hydrogen (secondary N) is 1. The van der Waals surface area contributed by atoms with Crippen LogP contribution in [0.4, 0.5) is 0 Å². The average molecular weight is 278 g/mol. The number of amides is 1. The second-order valence-corrected chi connectivity index (χ2v) is 4.54. The van der Waals surface area contributed by atoms with Gasteiger partial charge in [0.25, 0.3) is 5.91 Å². The molecule has 1 amide bonds. The molecule has 1 aromatic carbocycles. The molecule has 0 aromatic heterocycles. The zero-order chi connectivity index (χ0) is 15.0. The van der Waals surface area contributed by atoms with Crippen LogP contribution in [0, 0.1) is 0 Å². The van der Waals surface area contributed by atoms with Gasteiger partial charge in [-0.1, -0.05) is 18.2 Å². The summed E-state index contributed by atoms with van der Waals surface area (Å²) in [7, 11) is 1.87. The first-order valence-electron chi connectivity index (χ1n) is 6.83. The van der Waals surface area contributed by atoms with Gasteiger partial charge in [0.15, 0.2) is 0 Å². The van der Waals surface area contributed by atoms with Crippen LogP contribution in [0.15, 0.2) is 24.3 Å². The molecule has 0 aliphatic rings. The summed E-state index contributed by atoms with van der Waals surface area (Å²) < 4.78 is 0. The van der Waals surface area contributed by atoms with Crippen molar-refractivity contribution in [1.29, 1.82) is 0 Å². The molecule has 20 heavy (non-hydrogen) atoms. The Morgan fingerprint density at radius 3 is 2.60 bits per heavy atom. The normalized spacial score (nSPS) is 10.3. The number of rotatable bonds is 8. The topological polar surface area (TPSA) is 69.6 Å². The van der Waals surface area contributed by atoms with E-state index in [4.69, 9.17) is 5.11 Å². The van der Waals surface area contributed by atoms with E-state index in [9.17, 15) is 9.59 Å². The predicted molar refractivity (Wildman–Crippen MR) is 77.9 cm³/mol. The maximum Gasteiger partial charge on any atom is 0.305 e. The predicted octanol–water partition coefficient (Wildman–Crippen LogP) is 1.39. The number of hydrogen-bond donors (Lipinski definition) is 2. The van der Waals surface area contributed by atoms with Crippen molar-refractivity contribution in [2.45, 2.75) is 19.8 Å². The number of hydrogen-bond acceptors (Lipinski definition) is 3. The summed E-state index contributed by atoms with van der Waals surface area (Å²) in [6.07, 6.45) is 0.743. The number of carboxylic acid groups (broad SMARTS) is 1. The maximum atomic E-state index is 12.5. The van der Waals surface area contributed by atoms with E-state index in [0.29, 0.717) is 12.1 Å². The van der Waals surface area contributed by atoms with Gasteiger partial charge in [0.1, 0.15) is 0 Å². The van der Waals surface area contributed by atoms with Gasteiger partial charge in [-0.15, -0.1) is 0 Å². The highest BCUT2D eigenvalue weighted by molar-refractivity contribution is 5.95. The molecule has 1 aromatic rings. The van der Waals surface area contributed by atoms with Crippen LogP contribution in [0.1, 0.15) is 29.3 Å². The number of likely N-dealkylation sites (N-methyl/N-ethyl adjacent to an activating group) is 1. The second kappa shape index (κ2) is 8.32. The van der Waals surface area contributed by atoms with Crippen molar-refractivity contribution >= 4 is 11.9 Å². The summed E-state index contributed by atoms with van der Waals surface area (Å²) in [5.74, 6) is -0.986. The minimum absolute atomic E-state index is 0.0295. The third-order valence-electron chi connectivity index (χ3n) is 3.16. The van der Waals surface area contributed by atoms with Gasteiger partial charge in [0.2, 0.25) is 0 Å². The fraction of sp³-hybridized carbons (Fsp3) is 0.467. The minimum Gasteiger partial charge on any atom is -0.481 e. The third kappa shape index (κ3) is 4.66. The molecule has 0 aliphatic heterocycles. The number of benzene rings is 1. The summed E-state index contributed by atoms with van der Waals surface area (Å²) >= 11 is 0. The number of carbonyl (C=O) groups excluding carboxylic acids is 1. The molecule has 0 heterocycles. The Kier molecular flexibility index (Phi) is 6.73. The van der Waals surface area contributed by atoms with Gasteiger partial charge in [-0.3, -0.25) is 9.59 Å². The number of nitrogens with zero attached hydrogens (tertiary/aromatic N) is 1. The molecular formula is C15H22N2O3. The number of aliphatic carboxylic acids is 1. The molecule has 0 fully saturated rings. The minimum atomic E-state index is -0.889. The Hall–Kier alpha value is -1.88. The average Bonchev–Trinajstić information content (AvgIpc) is 2.45. The molecule has 0 aliphatic carbocycles. The SMILES string of the molecule is CCN(CCC(=O)O)C(=O)c1ccccc1CCNC. The Labute approximate surface area is 119 Å². The quantitative estimate of drug-likeness (QED) is 0.754. The molecule has 0 radical (unpaired) electrons. The van der Waals surface area contributed by atoms with Crippen LogP contribution in [0.2, 0.25) is 0 Å². The van der Waals surface area contributed by atoms with Gasteiger partial charge < -0.3 is 15.3 Å². The van der Waals surface area contributed by atoms with E-state index in [2.05, 4.69) is 5.32 Å². The fourth-order valence-corrected chi connectivity index (χ4v) is 2.01. The standard InChI is InChI=1S/C15H22N2O3/c1-3-17(11-9-14(18)19)15(20)13-7-5-4-6-12(13)8-10-16-2/h4-7,16H,3,8-11H2,1-2H3,(H,18,19). The van der Waals surface area contributed by atoms with E-state index in [1.807, 2.05) is 32.2 Å². The highest BCUT2D eigenvalue weighted by atomic mass is 16.4. The van der Waals surface area contributed by atoms with Crippen molar-refractivity contribution in [3.63, 3.8) is 0 Å². The van der Waals surface area contributed by atoms with Gasteiger partial charge in [-0.05, 0) is 38.6 Å². The number of carboxylic acids is 1. The van der Waals surface area contributed by atoms with Gasteiger partial charge >= 0.3 is 5.97 Å². The van der Waals surface area contributed by atoms with E-state index in [-0.39, 0.29) is 18.9 Å². The van der Waals surface area contributed by atoms with E-state index in [1.165, 1.54) is 0 Å². The highest BCUT2D eigenvalue weighted by Gasteiger charge is 2.17. The summed E-state index contributed by atoms with van der Waals surface area (Å²) in [5.41, 5.74) is 1.65. The third-order valence-corrected chi connectivity index (χ3v) is 3.16. The summed E-state index contributed by atoms with van der Waals surface area (Å²) in [6, 6.07) is 7.49. The lowest BCUT2D eigenvalue weighted by atomic mass is 10.0. The zero-order valence-corrected chi connectivity index (χ0v) is 12.1. The zero-order valence-electron chi connectivity index (χ0n) is 12.1. The Bertz CT molecular complexity index is 460. The van der Waals surface area contributed by atoms with Crippen LogP contribution in [-0.2, 0) is 11.2 Å². The summed E-state index contributed by atoms with van der Waals surface area (Å²) in [4.78, 5) is 24.7. The van der Waals surface area contributed by atoms with E-state index in [1.54, 1.807) is 11.0 Å². The van der Waals surface area contributed by atoms with Crippen LogP contribution in [-0.4, -0.2) is 48.6 Å². The van der Waals surface area contributed by atoms with Crippen molar-refractivity contribution in [1.82, 2.24) is 10.2 Å². The summed E-state index contributed by atoms with van der Waals surface area (Å²) in [5, 5.41) is 11.8. The second-order valence-electron chi connectivity index (χ2n) is 4.54. The molecule has 0 saturated carbocycles. The van der Waals surface area contributed by atoms with Gasteiger partial charge in [0, 0.05) is 18.7 Å². The Morgan fingerprint density at radius 1 is 1.30 bits per heavy atom. The van der Waals surface area contributed by atoms with Crippen LogP contribution in [0.3, 0.4) is 0 Å². The van der Waals surface area contributed by atoms with Gasteiger partial charge in [-0.2, -0.15) is 0 Å². The van der Waals surface area contributed by atoms with E-state index >= 15 is 0 Å². The molecule has 110 valence electrons. The lowest BCUT2D eigenvalue weighted by Gasteiger charge is -2.21. The first kappa shape index (κ1) is 16.2. The monoisotopic (exact) mass is 278 g/mol. The van der Waals surface area contributed by atoms with Crippen LogP contribution < -0.4 is 5.32 Å². The van der Waals surface area contributed by atoms with Crippen molar-refractivity contribution in [2.75, 3.05) is 26.7 Å². The van der Waals surface area contributed by atoms with E-state index < -0.39 is 5.97 Å². The molecule has 1 rings (SSSR count). The molecule has 0 atom stereocenters. The molecule has 5 nitrogen and oxygen atoms in total. The van der Waals surface area contributed by atoms with Crippen LogP contribution in [0.25, 0.3) is 0 Å². The first-order valence-corrected chi connectivity index (χ1v) is 6.83. The molecule has 0 bridgehead atoms. The smallest absolute Gasteiger partial charge is 0.305 e. The van der Waals surface area contributed by atoms with E-state index in [0.717, 1.165) is 18.5 Å². The maximum absolute atomic E-state index is 12.5. The number of carbonyl (C=O) groups is 2. The van der Waals surface area contributed by atoms with Crippen molar-refractivity contribution in [2.24, 2.45) is 0 Å². The summed E-state index contributed by atoms with van der Waals surface area (Å²) in [6.45, 7) is 3.40. The highest BCUT2D eigenvalue weighted by Crippen LogP contribution is 2.13. The lowest BCUT2D eigenvalue weighted by molar-refractivity contribution is -0.137. The molecular weight excluding hydrogens is 256 g/mol. The van der Waals surface area contributed by atoms with Crippen molar-refractivity contribution in [3.05, 3.63) is 35.4 Å². The molecule has 2 N–H and O–H groups in total. The molecule has 0 unspecified atom stereocenters. The fourth-order valence-electron chi connectivity index (χ4n) is 2.01. The molecule has 0 spiro atoms. The lowest BCUT2D eigenvalue weighted by Crippen LogP contribution is -2.33. The van der Waals surface area contributed by atoms with Gasteiger partial charge in [-0.25, -0.2) is 0 Å².